The minimum atomic E-state index is -0.276. The lowest BCUT2D eigenvalue weighted by molar-refractivity contribution is 0.684. The number of fused-ring (bicyclic) bond motifs is 1. The van der Waals surface area contributed by atoms with E-state index in [1.165, 1.54) is 15.6 Å². The molecule has 2 N–H and O–H groups in total. The van der Waals surface area contributed by atoms with Crippen molar-refractivity contribution in [1.82, 2.24) is 19.6 Å². The van der Waals surface area contributed by atoms with Crippen LogP contribution < -0.4 is 11.0 Å². The standard InChI is InChI=1S/C13H15N5OS/c1-2-4-9(10-5-3-6-20-10)15-11-7-12-16-17-13(19)18(12)8-14-11/h3,5-9,15H,2,4H2,1H3,(H,17,19). The fourth-order valence-electron chi connectivity index (χ4n) is 2.13. The van der Waals surface area contributed by atoms with Crippen molar-refractivity contribution in [1.29, 1.82) is 0 Å². The van der Waals surface area contributed by atoms with E-state index in [1.54, 1.807) is 17.4 Å². The van der Waals surface area contributed by atoms with Crippen LogP contribution in [0.4, 0.5) is 5.82 Å². The Morgan fingerprint density at radius 3 is 3.20 bits per heavy atom. The molecule has 0 aliphatic carbocycles. The summed E-state index contributed by atoms with van der Waals surface area (Å²) >= 11 is 1.73. The smallest absolute Gasteiger partial charge is 0.348 e. The van der Waals surface area contributed by atoms with E-state index in [0.29, 0.717) is 5.65 Å². The Balaban J connectivity index is 1.88. The first-order valence-corrected chi connectivity index (χ1v) is 7.38. The quantitative estimate of drug-likeness (QED) is 0.756. The van der Waals surface area contributed by atoms with Crippen LogP contribution in [0.5, 0.6) is 0 Å². The summed E-state index contributed by atoms with van der Waals surface area (Å²) in [6.45, 7) is 2.16. The molecule has 0 aromatic carbocycles. The molecule has 0 spiro atoms. The Morgan fingerprint density at radius 1 is 1.55 bits per heavy atom. The molecule has 0 amide bonds. The zero-order valence-electron chi connectivity index (χ0n) is 11.0. The van der Waals surface area contributed by atoms with Gasteiger partial charge in [-0.2, -0.15) is 5.10 Å². The molecule has 104 valence electrons. The maximum Gasteiger partial charge on any atom is 0.348 e. The largest absolute Gasteiger partial charge is 0.362 e. The van der Waals surface area contributed by atoms with Crippen LogP contribution in [0.15, 0.2) is 34.7 Å². The molecule has 0 saturated carbocycles. The zero-order valence-corrected chi connectivity index (χ0v) is 11.9. The van der Waals surface area contributed by atoms with Gasteiger partial charge in [0.2, 0.25) is 0 Å². The van der Waals surface area contributed by atoms with Gasteiger partial charge in [-0.1, -0.05) is 19.4 Å². The molecule has 0 fully saturated rings. The highest BCUT2D eigenvalue weighted by Gasteiger charge is 2.12. The monoisotopic (exact) mass is 289 g/mol. The van der Waals surface area contributed by atoms with Crippen LogP contribution in [0.1, 0.15) is 30.7 Å². The summed E-state index contributed by atoms with van der Waals surface area (Å²) < 4.78 is 1.38. The van der Waals surface area contributed by atoms with E-state index in [-0.39, 0.29) is 11.7 Å². The lowest BCUT2D eigenvalue weighted by Crippen LogP contribution is -2.13. The van der Waals surface area contributed by atoms with Gasteiger partial charge in [0.1, 0.15) is 12.1 Å². The molecule has 0 bridgehead atoms. The highest BCUT2D eigenvalue weighted by Crippen LogP contribution is 2.26. The predicted octanol–water partition coefficient (Wildman–Crippen LogP) is 2.43. The molecule has 3 aromatic heterocycles. The number of hydrogen-bond acceptors (Lipinski definition) is 5. The van der Waals surface area contributed by atoms with Crippen molar-refractivity contribution in [2.45, 2.75) is 25.8 Å². The third-order valence-electron chi connectivity index (χ3n) is 3.10. The fraction of sp³-hybridized carbons (Fsp3) is 0.308. The van der Waals surface area contributed by atoms with Crippen LogP contribution >= 0.6 is 11.3 Å². The maximum atomic E-state index is 11.4. The van der Waals surface area contributed by atoms with Crippen LogP contribution in [0.3, 0.4) is 0 Å². The number of nitrogens with zero attached hydrogens (tertiary/aromatic N) is 3. The number of aromatic nitrogens is 4. The molecule has 1 unspecified atom stereocenters. The van der Waals surface area contributed by atoms with Gasteiger partial charge in [0.15, 0.2) is 5.65 Å². The van der Waals surface area contributed by atoms with Crippen LogP contribution in [0.2, 0.25) is 0 Å². The molecule has 0 aliphatic heterocycles. The van der Waals surface area contributed by atoms with E-state index in [1.807, 2.05) is 6.07 Å². The molecular weight excluding hydrogens is 274 g/mol. The minimum Gasteiger partial charge on any atom is -0.362 e. The number of thiophene rings is 1. The van der Waals surface area contributed by atoms with Gasteiger partial charge in [-0.05, 0) is 17.9 Å². The van der Waals surface area contributed by atoms with Gasteiger partial charge in [0.05, 0.1) is 6.04 Å². The molecule has 6 nitrogen and oxygen atoms in total. The highest BCUT2D eigenvalue weighted by atomic mass is 32.1. The molecular formula is C13H15N5OS. The SMILES string of the molecule is CCCC(Nc1cc2n[nH]c(=O)n2cn1)c1cccs1. The van der Waals surface area contributed by atoms with E-state index in [9.17, 15) is 4.79 Å². The van der Waals surface area contributed by atoms with Crippen molar-refractivity contribution < 1.29 is 0 Å². The Morgan fingerprint density at radius 2 is 2.45 bits per heavy atom. The van der Waals surface area contributed by atoms with E-state index >= 15 is 0 Å². The van der Waals surface area contributed by atoms with Gasteiger partial charge in [-0.15, -0.1) is 11.3 Å². The summed E-state index contributed by atoms with van der Waals surface area (Å²) in [6, 6.07) is 6.18. The second-order valence-electron chi connectivity index (χ2n) is 4.53. The van der Waals surface area contributed by atoms with Crippen LogP contribution in [0, 0.1) is 0 Å². The van der Waals surface area contributed by atoms with Gasteiger partial charge in [0.25, 0.3) is 0 Å². The van der Waals surface area contributed by atoms with Crippen molar-refractivity contribution in [2.24, 2.45) is 0 Å². The Kier molecular flexibility index (Phi) is 3.51. The van der Waals surface area contributed by atoms with Crippen LogP contribution in [-0.2, 0) is 0 Å². The zero-order chi connectivity index (χ0) is 13.9. The number of rotatable bonds is 5. The lowest BCUT2D eigenvalue weighted by Gasteiger charge is -2.17. The molecule has 1 atom stereocenters. The highest BCUT2D eigenvalue weighted by molar-refractivity contribution is 7.10. The number of hydrogen-bond donors (Lipinski definition) is 2. The van der Waals surface area contributed by atoms with Crippen molar-refractivity contribution in [3.8, 4) is 0 Å². The first-order chi connectivity index (χ1) is 9.78. The number of aromatic amines is 1. The summed E-state index contributed by atoms with van der Waals surface area (Å²) in [4.78, 5) is 16.9. The summed E-state index contributed by atoms with van der Waals surface area (Å²) in [6.07, 6.45) is 3.60. The van der Waals surface area contributed by atoms with Crippen molar-refractivity contribution in [2.75, 3.05) is 5.32 Å². The summed E-state index contributed by atoms with van der Waals surface area (Å²) in [5.41, 5.74) is 0.288. The number of nitrogens with one attached hydrogen (secondary N) is 2. The Labute approximate surface area is 119 Å². The second-order valence-corrected chi connectivity index (χ2v) is 5.51. The average molecular weight is 289 g/mol. The van der Waals surface area contributed by atoms with E-state index in [2.05, 4.69) is 38.9 Å². The minimum absolute atomic E-state index is 0.237. The molecule has 3 rings (SSSR count). The van der Waals surface area contributed by atoms with Crippen LogP contribution in [-0.4, -0.2) is 19.6 Å². The lowest BCUT2D eigenvalue weighted by atomic mass is 10.1. The first-order valence-electron chi connectivity index (χ1n) is 6.50. The molecule has 3 heterocycles. The molecule has 7 heteroatoms. The van der Waals surface area contributed by atoms with Gasteiger partial charge >= 0.3 is 5.69 Å². The van der Waals surface area contributed by atoms with Gasteiger partial charge in [-0.3, -0.25) is 0 Å². The molecule has 0 saturated heterocycles. The van der Waals surface area contributed by atoms with Gasteiger partial charge in [-0.25, -0.2) is 19.3 Å². The molecule has 20 heavy (non-hydrogen) atoms. The summed E-state index contributed by atoms with van der Waals surface area (Å²) in [5, 5.41) is 11.8. The van der Waals surface area contributed by atoms with Gasteiger partial charge in [0, 0.05) is 10.9 Å². The Bertz CT molecular complexity index is 746. The van der Waals surface area contributed by atoms with Crippen molar-refractivity contribution >= 4 is 22.8 Å². The molecule has 0 aliphatic rings. The normalized spacial score (nSPS) is 12.7. The summed E-state index contributed by atoms with van der Waals surface area (Å²) in [7, 11) is 0. The van der Waals surface area contributed by atoms with Crippen molar-refractivity contribution in [3.63, 3.8) is 0 Å². The predicted molar refractivity (Wildman–Crippen MR) is 79.2 cm³/mol. The van der Waals surface area contributed by atoms with E-state index in [4.69, 9.17) is 0 Å². The molecule has 3 aromatic rings. The van der Waals surface area contributed by atoms with Crippen molar-refractivity contribution in [3.05, 3.63) is 45.3 Å². The first kappa shape index (κ1) is 12.9. The van der Waals surface area contributed by atoms with Crippen LogP contribution in [0.25, 0.3) is 5.65 Å². The van der Waals surface area contributed by atoms with E-state index < -0.39 is 0 Å². The van der Waals surface area contributed by atoms with Gasteiger partial charge < -0.3 is 5.32 Å². The number of anilines is 1. The topological polar surface area (TPSA) is 75.1 Å². The fourth-order valence-corrected chi connectivity index (χ4v) is 2.94. The third kappa shape index (κ3) is 2.44. The average Bonchev–Trinajstić information content (AvgIpc) is 3.09. The molecule has 0 radical (unpaired) electrons. The van der Waals surface area contributed by atoms with E-state index in [0.717, 1.165) is 18.7 Å². The second kappa shape index (κ2) is 5.46. The Hall–Kier alpha value is -2.15. The third-order valence-corrected chi connectivity index (χ3v) is 4.08. The summed E-state index contributed by atoms with van der Waals surface area (Å²) in [5.74, 6) is 0.725. The number of H-pyrrole nitrogens is 1. The maximum absolute atomic E-state index is 11.4.